The number of hydrogen-bond donors (Lipinski definition) is 1. The summed E-state index contributed by atoms with van der Waals surface area (Å²) in [6, 6.07) is 9.00. The largest absolute Gasteiger partial charge is 0.478 e. The molecule has 1 rings (SSSR count). The van der Waals surface area contributed by atoms with Gasteiger partial charge in [0, 0.05) is 12.1 Å². The zero-order chi connectivity index (χ0) is 15.0. The lowest BCUT2D eigenvalue weighted by Gasteiger charge is -2.20. The minimum Gasteiger partial charge on any atom is -0.478 e. The van der Waals surface area contributed by atoms with Crippen LogP contribution in [0.5, 0.6) is 5.75 Å². The molecule has 1 aromatic rings. The molecule has 20 heavy (non-hydrogen) atoms. The number of ether oxygens (including phenoxy) is 2. The van der Waals surface area contributed by atoms with Crippen molar-refractivity contribution < 1.29 is 14.3 Å². The van der Waals surface area contributed by atoms with Gasteiger partial charge in [-0.05, 0) is 12.0 Å². The summed E-state index contributed by atoms with van der Waals surface area (Å²) in [6.07, 6.45) is 0. The standard InChI is InChI=1S/C15H20N2O3/c1-11(2)14(15(18)19-3)17-10-12-6-4-5-7-13(12)20-9-8-16/h4-7,11,14,17H,9-10H2,1-3H3. The van der Waals surface area contributed by atoms with Crippen molar-refractivity contribution in [1.29, 1.82) is 5.26 Å². The van der Waals surface area contributed by atoms with E-state index in [9.17, 15) is 4.79 Å². The van der Waals surface area contributed by atoms with Gasteiger partial charge in [0.25, 0.3) is 0 Å². The van der Waals surface area contributed by atoms with Crippen LogP contribution in [0.2, 0.25) is 0 Å². The number of nitriles is 1. The monoisotopic (exact) mass is 276 g/mol. The second-order valence-corrected chi connectivity index (χ2v) is 4.68. The number of hydrogen-bond acceptors (Lipinski definition) is 5. The van der Waals surface area contributed by atoms with Crippen LogP contribution in [0.1, 0.15) is 19.4 Å². The van der Waals surface area contributed by atoms with Crippen LogP contribution >= 0.6 is 0 Å². The molecule has 5 nitrogen and oxygen atoms in total. The Balaban J connectivity index is 2.73. The molecule has 0 saturated carbocycles. The number of methoxy groups -OCH3 is 1. The fourth-order valence-electron chi connectivity index (χ4n) is 1.84. The Morgan fingerprint density at radius 3 is 2.70 bits per heavy atom. The van der Waals surface area contributed by atoms with E-state index in [1.165, 1.54) is 7.11 Å². The fraction of sp³-hybridized carbons (Fsp3) is 0.467. The number of para-hydroxylation sites is 1. The second-order valence-electron chi connectivity index (χ2n) is 4.68. The molecule has 0 amide bonds. The molecule has 0 spiro atoms. The quantitative estimate of drug-likeness (QED) is 0.770. The van der Waals surface area contributed by atoms with Crippen LogP contribution in [0.15, 0.2) is 24.3 Å². The highest BCUT2D eigenvalue weighted by Gasteiger charge is 2.22. The molecule has 0 aliphatic carbocycles. The van der Waals surface area contributed by atoms with Crippen LogP contribution in [0, 0.1) is 17.2 Å². The molecular weight excluding hydrogens is 256 g/mol. The molecule has 0 bridgehead atoms. The lowest BCUT2D eigenvalue weighted by atomic mass is 10.0. The average molecular weight is 276 g/mol. The number of carbonyl (C=O) groups is 1. The second kappa shape index (κ2) is 8.18. The highest BCUT2D eigenvalue weighted by molar-refractivity contribution is 5.75. The van der Waals surface area contributed by atoms with Crippen molar-refractivity contribution in [1.82, 2.24) is 5.32 Å². The number of carbonyl (C=O) groups excluding carboxylic acids is 1. The topological polar surface area (TPSA) is 71.3 Å². The van der Waals surface area contributed by atoms with Crippen LogP contribution in [-0.4, -0.2) is 25.7 Å². The van der Waals surface area contributed by atoms with Crippen molar-refractivity contribution in [3.63, 3.8) is 0 Å². The van der Waals surface area contributed by atoms with E-state index in [4.69, 9.17) is 14.7 Å². The van der Waals surface area contributed by atoms with Gasteiger partial charge in [0.15, 0.2) is 6.61 Å². The number of benzene rings is 1. The van der Waals surface area contributed by atoms with Gasteiger partial charge >= 0.3 is 5.97 Å². The molecule has 0 saturated heterocycles. The maximum absolute atomic E-state index is 11.7. The van der Waals surface area contributed by atoms with E-state index in [0.717, 1.165) is 5.56 Å². The van der Waals surface area contributed by atoms with E-state index < -0.39 is 0 Å². The molecule has 1 N–H and O–H groups in total. The van der Waals surface area contributed by atoms with Crippen LogP contribution < -0.4 is 10.1 Å². The minimum absolute atomic E-state index is 0.00161. The Morgan fingerprint density at radius 1 is 1.40 bits per heavy atom. The molecule has 5 heteroatoms. The summed E-state index contributed by atoms with van der Waals surface area (Å²) in [6.45, 7) is 4.38. The number of esters is 1. The molecule has 0 radical (unpaired) electrons. The first-order valence-corrected chi connectivity index (χ1v) is 6.49. The van der Waals surface area contributed by atoms with Crippen LogP contribution in [-0.2, 0) is 16.1 Å². The SMILES string of the molecule is COC(=O)C(NCc1ccccc1OCC#N)C(C)C. The van der Waals surface area contributed by atoms with Crippen molar-refractivity contribution in [3.8, 4) is 11.8 Å². The van der Waals surface area contributed by atoms with Gasteiger partial charge in [-0.15, -0.1) is 0 Å². The molecule has 0 fully saturated rings. The number of rotatable bonds is 7. The van der Waals surface area contributed by atoms with Gasteiger partial charge < -0.3 is 9.47 Å². The Kier molecular flexibility index (Phi) is 6.54. The van der Waals surface area contributed by atoms with Gasteiger partial charge in [-0.2, -0.15) is 5.26 Å². The van der Waals surface area contributed by atoms with Gasteiger partial charge in [-0.1, -0.05) is 32.0 Å². The Morgan fingerprint density at radius 2 is 2.10 bits per heavy atom. The molecule has 0 heterocycles. The number of nitrogens with one attached hydrogen (secondary N) is 1. The Bertz CT molecular complexity index is 480. The average Bonchev–Trinajstić information content (AvgIpc) is 2.45. The lowest BCUT2D eigenvalue weighted by Crippen LogP contribution is -2.41. The summed E-state index contributed by atoms with van der Waals surface area (Å²) in [5, 5.41) is 11.7. The molecule has 0 aromatic heterocycles. The van der Waals surface area contributed by atoms with Gasteiger partial charge in [-0.25, -0.2) is 0 Å². The predicted molar refractivity (Wildman–Crippen MR) is 75.0 cm³/mol. The summed E-state index contributed by atoms with van der Waals surface area (Å²) in [4.78, 5) is 11.7. The van der Waals surface area contributed by atoms with E-state index in [2.05, 4.69) is 5.32 Å². The smallest absolute Gasteiger partial charge is 0.323 e. The molecule has 0 aliphatic heterocycles. The molecule has 0 aliphatic rings. The number of nitrogens with zero attached hydrogens (tertiary/aromatic N) is 1. The van der Waals surface area contributed by atoms with Crippen molar-refractivity contribution in [2.24, 2.45) is 5.92 Å². The summed E-state index contributed by atoms with van der Waals surface area (Å²) in [5.74, 6) is 0.485. The van der Waals surface area contributed by atoms with Gasteiger partial charge in [0.1, 0.15) is 17.9 Å². The predicted octanol–water partition coefficient (Wildman–Crippen LogP) is 1.88. The molecule has 1 unspecified atom stereocenters. The van der Waals surface area contributed by atoms with Gasteiger partial charge in [0.05, 0.1) is 7.11 Å². The molecular formula is C15H20N2O3. The maximum atomic E-state index is 11.7. The first-order chi connectivity index (χ1) is 9.60. The van der Waals surface area contributed by atoms with Gasteiger partial charge in [-0.3, -0.25) is 10.1 Å². The fourth-order valence-corrected chi connectivity index (χ4v) is 1.84. The highest BCUT2D eigenvalue weighted by Crippen LogP contribution is 2.18. The van der Waals surface area contributed by atoms with E-state index in [0.29, 0.717) is 12.3 Å². The zero-order valence-electron chi connectivity index (χ0n) is 12.1. The van der Waals surface area contributed by atoms with Crippen molar-refractivity contribution in [2.75, 3.05) is 13.7 Å². The third-order valence-electron chi connectivity index (χ3n) is 2.90. The van der Waals surface area contributed by atoms with E-state index in [1.54, 1.807) is 6.07 Å². The van der Waals surface area contributed by atoms with Crippen molar-refractivity contribution in [2.45, 2.75) is 26.4 Å². The third-order valence-corrected chi connectivity index (χ3v) is 2.90. The van der Waals surface area contributed by atoms with Crippen molar-refractivity contribution >= 4 is 5.97 Å². The molecule has 1 atom stereocenters. The van der Waals surface area contributed by atoms with E-state index in [-0.39, 0.29) is 24.5 Å². The van der Waals surface area contributed by atoms with Gasteiger partial charge in [0.2, 0.25) is 0 Å². The third kappa shape index (κ3) is 4.56. The Labute approximate surface area is 119 Å². The van der Waals surface area contributed by atoms with Crippen LogP contribution in [0.3, 0.4) is 0 Å². The first kappa shape index (κ1) is 16.0. The first-order valence-electron chi connectivity index (χ1n) is 6.49. The zero-order valence-corrected chi connectivity index (χ0v) is 12.1. The maximum Gasteiger partial charge on any atom is 0.323 e. The van der Waals surface area contributed by atoms with Crippen LogP contribution in [0.4, 0.5) is 0 Å². The lowest BCUT2D eigenvalue weighted by molar-refractivity contribution is -0.144. The Hall–Kier alpha value is -2.06. The minimum atomic E-state index is -0.371. The highest BCUT2D eigenvalue weighted by atomic mass is 16.5. The van der Waals surface area contributed by atoms with E-state index in [1.807, 2.05) is 38.1 Å². The van der Waals surface area contributed by atoms with Crippen molar-refractivity contribution in [3.05, 3.63) is 29.8 Å². The normalized spacial score (nSPS) is 11.8. The molecule has 1 aromatic carbocycles. The summed E-state index contributed by atoms with van der Waals surface area (Å²) >= 11 is 0. The summed E-state index contributed by atoms with van der Waals surface area (Å²) in [7, 11) is 1.38. The summed E-state index contributed by atoms with van der Waals surface area (Å²) in [5.41, 5.74) is 0.900. The molecule has 108 valence electrons. The van der Waals surface area contributed by atoms with Crippen LogP contribution in [0.25, 0.3) is 0 Å². The van der Waals surface area contributed by atoms with E-state index >= 15 is 0 Å². The summed E-state index contributed by atoms with van der Waals surface area (Å²) < 4.78 is 10.1.